The molecule has 3 amide bonds. The Balaban J connectivity index is 1.65. The Hall–Kier alpha value is -2.17. The van der Waals surface area contributed by atoms with Crippen LogP contribution in [-0.4, -0.2) is 76.2 Å². The van der Waals surface area contributed by atoms with Crippen LogP contribution < -0.4 is 16.0 Å². The minimum Gasteiger partial charge on any atom is -0.453 e. The van der Waals surface area contributed by atoms with E-state index < -0.39 is 24.2 Å². The maximum Gasteiger partial charge on any atom is 0.406 e. The molecule has 3 atom stereocenters. The molecule has 1 heterocycles. The quantitative estimate of drug-likeness (QED) is 0.339. The third-order valence-electron chi connectivity index (χ3n) is 7.49. The number of piperidine rings is 1. The van der Waals surface area contributed by atoms with Crippen molar-refractivity contribution in [1.29, 1.82) is 0 Å². The van der Waals surface area contributed by atoms with Crippen LogP contribution in [0, 0.1) is 17.7 Å². The summed E-state index contributed by atoms with van der Waals surface area (Å²) >= 11 is 6.07. The van der Waals surface area contributed by atoms with Gasteiger partial charge in [0, 0.05) is 43.7 Å². The summed E-state index contributed by atoms with van der Waals surface area (Å²) in [6.07, 6.45) is 3.25. The van der Waals surface area contributed by atoms with Crippen LogP contribution in [0.2, 0.25) is 5.02 Å². The van der Waals surface area contributed by atoms with E-state index >= 15 is 4.39 Å². The number of ether oxygens (including phenoxy) is 2. The fourth-order valence-corrected chi connectivity index (χ4v) is 5.72. The molecule has 2 aliphatic rings. The van der Waals surface area contributed by atoms with E-state index in [0.29, 0.717) is 44.0 Å². The van der Waals surface area contributed by atoms with Gasteiger partial charge in [0.1, 0.15) is 12.0 Å². The number of amides is 3. The predicted molar refractivity (Wildman–Crippen MR) is 143 cm³/mol. The molecule has 214 valence electrons. The Bertz CT molecular complexity index is 904. The second-order valence-corrected chi connectivity index (χ2v) is 10.7. The molecule has 0 radical (unpaired) electrons. The molecule has 0 aromatic heterocycles. The van der Waals surface area contributed by atoms with E-state index in [1.807, 2.05) is 7.05 Å². The monoisotopic (exact) mass is 558 g/mol. The standard InChI is InChI=1S/C27H41ClF2N4O4/c1-31-16-21(15-18-8-10-20(29)11-9-18)33-26(35)34-13-4-5-19(17-34)25(38-14-12-32-27(36)37-2)22-6-3-7-23(28)24(22)30/h3,6-7,18-21,25,31H,4-5,8-17H2,1-2H3,(H,32,36)(H,33,35)/t18?,19?,20?,21-,25+/m0/s1. The summed E-state index contributed by atoms with van der Waals surface area (Å²) < 4.78 is 39.3. The van der Waals surface area contributed by atoms with E-state index in [1.54, 1.807) is 17.0 Å². The van der Waals surface area contributed by atoms with Gasteiger partial charge in [0.2, 0.25) is 0 Å². The molecule has 3 rings (SSSR count). The van der Waals surface area contributed by atoms with Crippen molar-refractivity contribution in [1.82, 2.24) is 20.9 Å². The van der Waals surface area contributed by atoms with Crippen molar-refractivity contribution in [2.75, 3.05) is 46.9 Å². The van der Waals surface area contributed by atoms with Crippen molar-refractivity contribution in [3.8, 4) is 0 Å². The maximum atomic E-state index is 15.0. The molecular formula is C27H41ClF2N4O4. The zero-order chi connectivity index (χ0) is 27.5. The van der Waals surface area contributed by atoms with Gasteiger partial charge in [-0.1, -0.05) is 23.7 Å². The molecule has 1 saturated carbocycles. The first-order valence-electron chi connectivity index (χ1n) is 13.5. The van der Waals surface area contributed by atoms with Gasteiger partial charge in [0.25, 0.3) is 0 Å². The fourth-order valence-electron chi connectivity index (χ4n) is 5.54. The van der Waals surface area contributed by atoms with Crippen LogP contribution >= 0.6 is 11.6 Å². The first-order chi connectivity index (χ1) is 18.3. The number of alkyl halides is 1. The van der Waals surface area contributed by atoms with Gasteiger partial charge in [-0.15, -0.1) is 0 Å². The molecule has 3 N–H and O–H groups in total. The number of halogens is 3. The molecule has 2 fully saturated rings. The molecule has 1 aliphatic carbocycles. The number of likely N-dealkylation sites (N-methyl/N-ethyl adjacent to an activating group) is 1. The van der Waals surface area contributed by atoms with Gasteiger partial charge in [-0.2, -0.15) is 0 Å². The zero-order valence-electron chi connectivity index (χ0n) is 22.3. The van der Waals surface area contributed by atoms with Gasteiger partial charge in [-0.25, -0.2) is 18.4 Å². The van der Waals surface area contributed by atoms with Gasteiger partial charge < -0.3 is 30.3 Å². The Kier molecular flexibility index (Phi) is 12.3. The smallest absolute Gasteiger partial charge is 0.406 e. The second kappa shape index (κ2) is 15.4. The Labute approximate surface area is 229 Å². The summed E-state index contributed by atoms with van der Waals surface area (Å²) in [4.78, 5) is 26.4. The first-order valence-corrected chi connectivity index (χ1v) is 13.9. The number of methoxy groups -OCH3 is 1. The summed E-state index contributed by atoms with van der Waals surface area (Å²) in [5.74, 6) is -0.307. The molecule has 1 aliphatic heterocycles. The molecule has 1 aromatic carbocycles. The molecule has 1 saturated heterocycles. The summed E-state index contributed by atoms with van der Waals surface area (Å²) in [7, 11) is 3.13. The highest BCUT2D eigenvalue weighted by Gasteiger charge is 2.34. The average molecular weight is 559 g/mol. The lowest BCUT2D eigenvalue weighted by Crippen LogP contribution is -2.52. The number of nitrogens with zero attached hydrogens (tertiary/aromatic N) is 1. The summed E-state index contributed by atoms with van der Waals surface area (Å²) in [6.45, 7) is 1.95. The molecule has 38 heavy (non-hydrogen) atoms. The zero-order valence-corrected chi connectivity index (χ0v) is 23.1. The van der Waals surface area contributed by atoms with E-state index in [0.717, 1.165) is 32.1 Å². The Morgan fingerprint density at radius 2 is 1.97 bits per heavy atom. The molecule has 11 heteroatoms. The summed E-state index contributed by atoms with van der Waals surface area (Å²) in [5, 5.41) is 8.89. The van der Waals surface area contributed by atoms with Crippen LogP contribution in [0.1, 0.15) is 56.6 Å². The van der Waals surface area contributed by atoms with Crippen LogP contribution in [0.3, 0.4) is 0 Å². The normalized spacial score (nSPS) is 23.4. The van der Waals surface area contributed by atoms with Crippen molar-refractivity contribution in [3.05, 3.63) is 34.6 Å². The number of carbonyl (C=O) groups excluding carboxylic acids is 2. The third-order valence-corrected chi connectivity index (χ3v) is 7.78. The van der Waals surface area contributed by atoms with Gasteiger partial charge >= 0.3 is 12.1 Å². The third kappa shape index (κ3) is 8.95. The number of likely N-dealkylation sites (tertiary alicyclic amines) is 1. The Morgan fingerprint density at radius 3 is 2.68 bits per heavy atom. The van der Waals surface area contributed by atoms with Gasteiger partial charge in [-0.05, 0) is 64.0 Å². The van der Waals surface area contributed by atoms with Crippen LogP contribution in [-0.2, 0) is 9.47 Å². The van der Waals surface area contributed by atoms with Gasteiger partial charge in [-0.3, -0.25) is 0 Å². The SMILES string of the molecule is CNC[C@H](CC1CCC(F)CC1)NC(=O)N1CCCC([C@@H](OCCNC(=O)OC)c2cccc(Cl)c2F)C1. The summed E-state index contributed by atoms with van der Waals surface area (Å²) in [5.41, 5.74) is 0.333. The Morgan fingerprint density at radius 1 is 1.21 bits per heavy atom. The first kappa shape index (κ1) is 30.4. The van der Waals surface area contributed by atoms with E-state index in [9.17, 15) is 14.0 Å². The maximum absolute atomic E-state index is 15.0. The van der Waals surface area contributed by atoms with E-state index in [1.165, 1.54) is 13.2 Å². The van der Waals surface area contributed by atoms with Crippen molar-refractivity contribution in [2.45, 2.75) is 63.3 Å². The number of benzene rings is 1. The molecule has 1 unspecified atom stereocenters. The fraction of sp³-hybridized carbons (Fsp3) is 0.704. The molecule has 0 spiro atoms. The molecule has 0 bridgehead atoms. The number of urea groups is 1. The van der Waals surface area contributed by atoms with E-state index in [4.69, 9.17) is 16.3 Å². The van der Waals surface area contributed by atoms with Crippen molar-refractivity contribution < 1.29 is 27.8 Å². The second-order valence-electron chi connectivity index (χ2n) is 10.3. The van der Waals surface area contributed by atoms with E-state index in [-0.39, 0.29) is 36.2 Å². The minimum atomic E-state index is -0.704. The highest BCUT2D eigenvalue weighted by molar-refractivity contribution is 6.30. The number of hydrogen-bond donors (Lipinski definition) is 3. The lowest BCUT2D eigenvalue weighted by molar-refractivity contribution is -0.0106. The largest absolute Gasteiger partial charge is 0.453 e. The number of nitrogens with one attached hydrogen (secondary N) is 3. The molecular weight excluding hydrogens is 518 g/mol. The molecule has 1 aromatic rings. The lowest BCUT2D eigenvalue weighted by Gasteiger charge is -2.38. The topological polar surface area (TPSA) is 91.9 Å². The number of hydrogen-bond acceptors (Lipinski definition) is 5. The van der Waals surface area contributed by atoms with Crippen LogP contribution in [0.25, 0.3) is 0 Å². The average Bonchev–Trinajstić information content (AvgIpc) is 2.92. The van der Waals surface area contributed by atoms with Gasteiger partial charge in [0.05, 0.1) is 24.8 Å². The predicted octanol–water partition coefficient (Wildman–Crippen LogP) is 4.82. The van der Waals surface area contributed by atoms with Crippen molar-refractivity contribution in [2.24, 2.45) is 11.8 Å². The van der Waals surface area contributed by atoms with Crippen molar-refractivity contribution in [3.63, 3.8) is 0 Å². The highest BCUT2D eigenvalue weighted by Crippen LogP contribution is 2.36. The highest BCUT2D eigenvalue weighted by atomic mass is 35.5. The van der Waals surface area contributed by atoms with Gasteiger partial charge in [0.15, 0.2) is 0 Å². The van der Waals surface area contributed by atoms with E-state index in [2.05, 4.69) is 20.7 Å². The van der Waals surface area contributed by atoms with Crippen LogP contribution in [0.4, 0.5) is 18.4 Å². The van der Waals surface area contributed by atoms with Crippen LogP contribution in [0.15, 0.2) is 18.2 Å². The number of carbonyl (C=O) groups is 2. The van der Waals surface area contributed by atoms with Crippen molar-refractivity contribution >= 4 is 23.7 Å². The molecule has 8 nitrogen and oxygen atoms in total. The number of rotatable bonds is 11. The van der Waals surface area contributed by atoms with Crippen LogP contribution in [0.5, 0.6) is 0 Å². The number of alkyl carbamates (subject to hydrolysis) is 1. The lowest BCUT2D eigenvalue weighted by atomic mass is 9.84. The summed E-state index contributed by atoms with van der Waals surface area (Å²) in [6, 6.07) is 4.59. The minimum absolute atomic E-state index is 0.00546.